The Balaban J connectivity index is 2.11. The molecule has 0 aliphatic carbocycles. The van der Waals surface area contributed by atoms with E-state index in [1.54, 1.807) is 24.3 Å². The van der Waals surface area contributed by atoms with E-state index in [1.165, 1.54) is 0 Å². The first-order valence-corrected chi connectivity index (χ1v) is 7.13. The second-order valence-corrected chi connectivity index (χ2v) is 4.79. The Labute approximate surface area is 129 Å². The third kappa shape index (κ3) is 8.32. The highest BCUT2D eigenvalue weighted by Gasteiger charge is 2.07. The predicted octanol–water partition coefficient (Wildman–Crippen LogP) is 2.74. The number of unbranched alkanes of at least 4 members (excludes halogenated alkanes) is 1. The molecule has 116 valence electrons. The summed E-state index contributed by atoms with van der Waals surface area (Å²) >= 11 is 5.75. The lowest BCUT2D eigenvalue weighted by molar-refractivity contribution is -0.156. The Morgan fingerprint density at radius 3 is 2.29 bits per heavy atom. The number of carbonyl (C=O) groups is 2. The molecule has 6 heteroatoms. The molecule has 0 atom stereocenters. The Hall–Kier alpha value is -1.59. The highest BCUT2D eigenvalue weighted by Crippen LogP contribution is 2.10. The highest BCUT2D eigenvalue weighted by molar-refractivity contribution is 6.30. The molecular formula is C15H19ClO5. The molecule has 0 aromatic heterocycles. The molecule has 21 heavy (non-hydrogen) atoms. The van der Waals surface area contributed by atoms with Crippen LogP contribution in [-0.4, -0.2) is 31.8 Å². The molecule has 0 heterocycles. The number of esters is 2. The number of hydrogen-bond acceptors (Lipinski definition) is 5. The van der Waals surface area contributed by atoms with Crippen LogP contribution in [0.15, 0.2) is 24.3 Å². The maximum atomic E-state index is 11.4. The third-order valence-corrected chi connectivity index (χ3v) is 2.77. The van der Waals surface area contributed by atoms with E-state index in [2.05, 4.69) is 0 Å². The minimum Gasteiger partial charge on any atom is -0.464 e. The summed E-state index contributed by atoms with van der Waals surface area (Å²) in [5, 5.41) is 0.620. The van der Waals surface area contributed by atoms with Gasteiger partial charge in [0.25, 0.3) is 0 Å². The van der Waals surface area contributed by atoms with Crippen molar-refractivity contribution in [3.8, 4) is 0 Å². The normalized spacial score (nSPS) is 10.2. The summed E-state index contributed by atoms with van der Waals surface area (Å²) in [6.45, 7) is 1.98. The first-order chi connectivity index (χ1) is 10.1. The second-order valence-electron chi connectivity index (χ2n) is 4.35. The maximum absolute atomic E-state index is 11.4. The van der Waals surface area contributed by atoms with Gasteiger partial charge < -0.3 is 14.2 Å². The van der Waals surface area contributed by atoms with E-state index in [-0.39, 0.29) is 19.8 Å². The van der Waals surface area contributed by atoms with Crippen LogP contribution in [0.25, 0.3) is 0 Å². The average Bonchev–Trinajstić information content (AvgIpc) is 2.47. The van der Waals surface area contributed by atoms with Crippen molar-refractivity contribution in [2.24, 2.45) is 0 Å². The van der Waals surface area contributed by atoms with Crippen molar-refractivity contribution < 1.29 is 23.8 Å². The molecule has 1 aromatic rings. The summed E-state index contributed by atoms with van der Waals surface area (Å²) in [5.41, 5.74) is 0.826. The van der Waals surface area contributed by atoms with Crippen LogP contribution in [0.4, 0.5) is 0 Å². The van der Waals surface area contributed by atoms with Gasteiger partial charge in [0.1, 0.15) is 19.8 Å². The Morgan fingerprint density at radius 2 is 1.67 bits per heavy atom. The zero-order valence-corrected chi connectivity index (χ0v) is 12.7. The number of rotatable bonds is 9. The molecule has 0 bridgehead atoms. The number of hydrogen-bond donors (Lipinski definition) is 0. The zero-order chi connectivity index (χ0) is 15.5. The smallest absolute Gasteiger partial charge is 0.332 e. The maximum Gasteiger partial charge on any atom is 0.332 e. The van der Waals surface area contributed by atoms with Gasteiger partial charge >= 0.3 is 11.9 Å². The molecule has 1 aromatic carbocycles. The monoisotopic (exact) mass is 314 g/mol. The van der Waals surface area contributed by atoms with Crippen LogP contribution in [-0.2, 0) is 30.4 Å². The molecule has 0 saturated heterocycles. The van der Waals surface area contributed by atoms with Gasteiger partial charge in [-0.15, -0.1) is 0 Å². The van der Waals surface area contributed by atoms with Gasteiger partial charge in [-0.2, -0.15) is 0 Å². The molecule has 0 aliphatic rings. The number of benzene rings is 1. The SMILES string of the molecule is CCCCOC(=O)COCC(=O)OCc1ccc(Cl)cc1. The standard InChI is InChI=1S/C15H19ClO5/c1-2-3-8-20-14(17)10-19-11-15(18)21-9-12-4-6-13(16)7-5-12/h4-7H,2-3,8-11H2,1H3. The van der Waals surface area contributed by atoms with Gasteiger partial charge in [0.2, 0.25) is 0 Å². The van der Waals surface area contributed by atoms with Crippen LogP contribution >= 0.6 is 11.6 Å². The zero-order valence-electron chi connectivity index (χ0n) is 12.0. The molecule has 5 nitrogen and oxygen atoms in total. The number of halogens is 1. The molecule has 1 rings (SSSR count). The Kier molecular flexibility index (Phi) is 8.47. The summed E-state index contributed by atoms with van der Waals surface area (Å²) in [6.07, 6.45) is 1.76. The summed E-state index contributed by atoms with van der Waals surface area (Å²) in [7, 11) is 0. The van der Waals surface area contributed by atoms with E-state index in [0.29, 0.717) is 11.6 Å². The summed E-state index contributed by atoms with van der Waals surface area (Å²) in [5.74, 6) is -1.01. The minimum absolute atomic E-state index is 0.139. The fourth-order valence-corrected chi connectivity index (χ4v) is 1.50. The molecular weight excluding hydrogens is 296 g/mol. The van der Waals surface area contributed by atoms with Crippen molar-refractivity contribution in [1.82, 2.24) is 0 Å². The van der Waals surface area contributed by atoms with Crippen molar-refractivity contribution in [1.29, 1.82) is 0 Å². The quantitative estimate of drug-likeness (QED) is 0.518. The molecule has 0 aliphatic heterocycles. The van der Waals surface area contributed by atoms with Gasteiger partial charge in [-0.25, -0.2) is 9.59 Å². The summed E-state index contributed by atoms with van der Waals surface area (Å²) < 4.78 is 14.8. The van der Waals surface area contributed by atoms with Crippen molar-refractivity contribution >= 4 is 23.5 Å². The largest absolute Gasteiger partial charge is 0.464 e. The first-order valence-electron chi connectivity index (χ1n) is 6.75. The molecule has 0 radical (unpaired) electrons. The van der Waals surface area contributed by atoms with Crippen LogP contribution in [0.5, 0.6) is 0 Å². The van der Waals surface area contributed by atoms with E-state index >= 15 is 0 Å². The van der Waals surface area contributed by atoms with E-state index in [1.807, 2.05) is 6.92 Å². The fraction of sp³-hybridized carbons (Fsp3) is 0.467. The molecule has 0 spiro atoms. The average molecular weight is 315 g/mol. The molecule has 0 N–H and O–H groups in total. The van der Waals surface area contributed by atoms with Gasteiger partial charge in [0, 0.05) is 5.02 Å². The number of carbonyl (C=O) groups excluding carboxylic acids is 2. The van der Waals surface area contributed by atoms with E-state index in [4.69, 9.17) is 25.8 Å². The summed E-state index contributed by atoms with van der Waals surface area (Å²) in [4.78, 5) is 22.6. The van der Waals surface area contributed by atoms with E-state index in [0.717, 1.165) is 18.4 Å². The van der Waals surface area contributed by atoms with Gasteiger partial charge in [0.05, 0.1) is 6.61 Å². The second kappa shape index (κ2) is 10.2. The van der Waals surface area contributed by atoms with Crippen LogP contribution in [0.3, 0.4) is 0 Å². The molecule has 0 amide bonds. The predicted molar refractivity (Wildman–Crippen MR) is 77.9 cm³/mol. The van der Waals surface area contributed by atoms with Crippen molar-refractivity contribution in [2.45, 2.75) is 26.4 Å². The lowest BCUT2D eigenvalue weighted by Gasteiger charge is -2.06. The Morgan fingerprint density at radius 1 is 1.05 bits per heavy atom. The number of ether oxygens (including phenoxy) is 3. The first kappa shape index (κ1) is 17.5. The van der Waals surface area contributed by atoms with E-state index in [9.17, 15) is 9.59 Å². The van der Waals surface area contributed by atoms with Crippen LogP contribution in [0.2, 0.25) is 5.02 Å². The minimum atomic E-state index is -0.536. The molecule has 0 unspecified atom stereocenters. The topological polar surface area (TPSA) is 61.8 Å². The van der Waals surface area contributed by atoms with Crippen LogP contribution in [0.1, 0.15) is 25.3 Å². The van der Waals surface area contributed by atoms with Crippen molar-refractivity contribution in [3.05, 3.63) is 34.9 Å². The molecule has 0 saturated carbocycles. The summed E-state index contributed by atoms with van der Waals surface area (Å²) in [6, 6.07) is 6.96. The van der Waals surface area contributed by atoms with Gasteiger partial charge in [-0.05, 0) is 24.1 Å². The Bertz CT molecular complexity index is 444. The lowest BCUT2D eigenvalue weighted by Crippen LogP contribution is -2.18. The van der Waals surface area contributed by atoms with Crippen molar-refractivity contribution in [3.63, 3.8) is 0 Å². The van der Waals surface area contributed by atoms with E-state index < -0.39 is 11.9 Å². The fourth-order valence-electron chi connectivity index (χ4n) is 1.38. The molecule has 0 fully saturated rings. The van der Waals surface area contributed by atoms with Crippen molar-refractivity contribution in [2.75, 3.05) is 19.8 Å². The van der Waals surface area contributed by atoms with Gasteiger partial charge in [0.15, 0.2) is 0 Å². The third-order valence-electron chi connectivity index (χ3n) is 2.51. The van der Waals surface area contributed by atoms with Crippen LogP contribution in [0, 0.1) is 0 Å². The lowest BCUT2D eigenvalue weighted by atomic mass is 10.2. The van der Waals surface area contributed by atoms with Gasteiger partial charge in [-0.1, -0.05) is 37.1 Å². The van der Waals surface area contributed by atoms with Crippen LogP contribution < -0.4 is 0 Å². The van der Waals surface area contributed by atoms with Gasteiger partial charge in [-0.3, -0.25) is 0 Å². The highest BCUT2D eigenvalue weighted by atomic mass is 35.5.